The second kappa shape index (κ2) is 8.27. The maximum atomic E-state index is 13.1. The number of hydrogen-bond acceptors (Lipinski definition) is 6. The molecule has 140 valence electrons. The first-order chi connectivity index (χ1) is 12.6. The Labute approximate surface area is 151 Å². The van der Waals surface area contributed by atoms with Gasteiger partial charge in [0, 0.05) is 12.7 Å². The van der Waals surface area contributed by atoms with Crippen molar-refractivity contribution < 1.29 is 19.2 Å². The number of aromatic nitrogens is 2. The fourth-order valence-corrected chi connectivity index (χ4v) is 3.46. The van der Waals surface area contributed by atoms with Gasteiger partial charge >= 0.3 is 0 Å². The predicted molar refractivity (Wildman–Crippen MR) is 93.1 cm³/mol. The lowest BCUT2D eigenvalue weighted by atomic mass is 9.99. The number of rotatable bonds is 8. The summed E-state index contributed by atoms with van der Waals surface area (Å²) in [5.74, 6) is -0.0136. The molecule has 2 atom stereocenters. The number of hydroxylamine groups is 2. The zero-order chi connectivity index (χ0) is 18.5. The molecule has 0 bridgehead atoms. The summed E-state index contributed by atoms with van der Waals surface area (Å²) in [5.41, 5.74) is 1.14. The fourth-order valence-electron chi connectivity index (χ4n) is 3.46. The van der Waals surface area contributed by atoms with Crippen molar-refractivity contribution in [3.8, 4) is 0 Å². The molecule has 0 saturated carbocycles. The van der Waals surface area contributed by atoms with Crippen molar-refractivity contribution in [1.29, 1.82) is 0 Å². The van der Waals surface area contributed by atoms with Gasteiger partial charge in [-0.25, -0.2) is 10.0 Å². The molecule has 3 heterocycles. The number of carbonyl (C=O) groups is 2. The van der Waals surface area contributed by atoms with E-state index in [-0.39, 0.29) is 18.5 Å². The maximum Gasteiger partial charge on any atom is 0.233 e. The van der Waals surface area contributed by atoms with Crippen LogP contribution in [0.25, 0.3) is 11.2 Å². The molecule has 0 unspecified atom stereocenters. The Kier molecular flexibility index (Phi) is 5.82. The molecule has 2 aromatic rings. The van der Waals surface area contributed by atoms with E-state index in [9.17, 15) is 14.8 Å². The molecule has 1 N–H and O–H groups in total. The average molecular weight is 360 g/mol. The average Bonchev–Trinajstić information content (AvgIpc) is 3.30. The number of carbonyl (C=O) groups excluding carboxylic acids is 2. The second-order valence-corrected chi connectivity index (χ2v) is 6.63. The molecular weight excluding hydrogens is 336 g/mol. The van der Waals surface area contributed by atoms with E-state index in [4.69, 9.17) is 4.42 Å². The van der Waals surface area contributed by atoms with E-state index in [1.165, 1.54) is 0 Å². The lowest BCUT2D eigenvalue weighted by Crippen LogP contribution is -2.40. The molecule has 1 fully saturated rings. The zero-order valence-electron chi connectivity index (χ0n) is 14.9. The first kappa shape index (κ1) is 18.3. The SMILES string of the molecule is CCCC[C@H](CN(O)C=O)C(=O)N1CCC[C@H]1c1nc2ncccc2o1. The standard InChI is InChI=1S/C18H24N4O4/c1-2-3-6-13(11-21(25)12-23)18(24)22-10-5-7-14(22)17-20-16-15(26-17)8-4-9-19-16/h4,8-9,12-14,25H,2-3,5-7,10-11H2,1H3/t13-,14+/m1/s1. The summed E-state index contributed by atoms with van der Waals surface area (Å²) >= 11 is 0. The largest absolute Gasteiger partial charge is 0.437 e. The molecule has 3 rings (SSSR count). The molecule has 0 spiro atoms. The second-order valence-electron chi connectivity index (χ2n) is 6.63. The molecule has 1 aliphatic rings. The topological polar surface area (TPSA) is 99.8 Å². The molecular formula is C18H24N4O4. The Balaban J connectivity index is 1.80. The number of likely N-dealkylation sites (tertiary alicyclic amines) is 1. The van der Waals surface area contributed by atoms with Gasteiger partial charge in [-0.15, -0.1) is 0 Å². The van der Waals surface area contributed by atoms with Gasteiger partial charge in [0.15, 0.2) is 11.2 Å². The van der Waals surface area contributed by atoms with Crippen molar-refractivity contribution in [1.82, 2.24) is 19.9 Å². The summed E-state index contributed by atoms with van der Waals surface area (Å²) in [4.78, 5) is 34.2. The highest BCUT2D eigenvalue weighted by Gasteiger charge is 2.37. The van der Waals surface area contributed by atoms with E-state index in [0.29, 0.717) is 41.6 Å². The minimum atomic E-state index is -0.437. The summed E-state index contributed by atoms with van der Waals surface area (Å²) in [5, 5.41) is 10.1. The Hall–Kier alpha value is -2.48. The molecule has 26 heavy (non-hydrogen) atoms. The van der Waals surface area contributed by atoms with Gasteiger partial charge in [-0.3, -0.25) is 14.8 Å². The van der Waals surface area contributed by atoms with Gasteiger partial charge in [0.25, 0.3) is 0 Å². The van der Waals surface area contributed by atoms with Crippen molar-refractivity contribution >= 4 is 23.5 Å². The van der Waals surface area contributed by atoms with Gasteiger partial charge in [0.1, 0.15) is 6.04 Å². The van der Waals surface area contributed by atoms with E-state index in [0.717, 1.165) is 25.7 Å². The number of hydrogen-bond donors (Lipinski definition) is 1. The van der Waals surface area contributed by atoms with Crippen LogP contribution in [0.5, 0.6) is 0 Å². The minimum Gasteiger partial charge on any atom is -0.437 e. The van der Waals surface area contributed by atoms with Crippen molar-refractivity contribution in [2.24, 2.45) is 5.92 Å². The van der Waals surface area contributed by atoms with Crippen LogP contribution < -0.4 is 0 Å². The number of fused-ring (bicyclic) bond motifs is 1. The normalized spacial score (nSPS) is 18.2. The molecule has 8 heteroatoms. The van der Waals surface area contributed by atoms with Gasteiger partial charge in [-0.2, -0.15) is 4.98 Å². The van der Waals surface area contributed by atoms with E-state index in [1.54, 1.807) is 23.2 Å². The van der Waals surface area contributed by atoms with Crippen molar-refractivity contribution in [2.45, 2.75) is 45.1 Å². The molecule has 2 amide bonds. The Morgan fingerprint density at radius 2 is 2.42 bits per heavy atom. The highest BCUT2D eigenvalue weighted by molar-refractivity contribution is 5.80. The molecule has 8 nitrogen and oxygen atoms in total. The summed E-state index contributed by atoms with van der Waals surface area (Å²) < 4.78 is 5.81. The van der Waals surface area contributed by atoms with Gasteiger partial charge in [-0.05, 0) is 31.4 Å². The first-order valence-corrected chi connectivity index (χ1v) is 9.06. The number of amides is 2. The number of unbranched alkanes of at least 4 members (excludes halogenated alkanes) is 1. The zero-order valence-corrected chi connectivity index (χ0v) is 14.9. The Bertz CT molecular complexity index is 729. The quantitative estimate of drug-likeness (QED) is 0.441. The predicted octanol–water partition coefficient (Wildman–Crippen LogP) is 2.54. The fraction of sp³-hybridized carbons (Fsp3) is 0.556. The van der Waals surface area contributed by atoms with Gasteiger partial charge in [0.2, 0.25) is 18.2 Å². The third-order valence-electron chi connectivity index (χ3n) is 4.79. The summed E-state index contributed by atoms with van der Waals surface area (Å²) in [6.45, 7) is 2.66. The highest BCUT2D eigenvalue weighted by Crippen LogP contribution is 2.34. The number of nitrogens with zero attached hydrogens (tertiary/aromatic N) is 4. The first-order valence-electron chi connectivity index (χ1n) is 9.06. The molecule has 0 aliphatic carbocycles. The lowest BCUT2D eigenvalue weighted by Gasteiger charge is -2.28. The Morgan fingerprint density at radius 3 is 3.15 bits per heavy atom. The van der Waals surface area contributed by atoms with Crippen LogP contribution in [0.2, 0.25) is 0 Å². The Morgan fingerprint density at radius 1 is 1.58 bits per heavy atom. The van der Waals surface area contributed by atoms with Gasteiger partial charge < -0.3 is 9.32 Å². The van der Waals surface area contributed by atoms with Gasteiger partial charge in [0.05, 0.1) is 12.5 Å². The van der Waals surface area contributed by atoms with Gasteiger partial charge in [-0.1, -0.05) is 19.8 Å². The highest BCUT2D eigenvalue weighted by atomic mass is 16.5. The van der Waals surface area contributed by atoms with E-state index in [1.807, 2.05) is 6.92 Å². The summed E-state index contributed by atoms with van der Waals surface area (Å²) in [7, 11) is 0. The summed E-state index contributed by atoms with van der Waals surface area (Å²) in [6.07, 6.45) is 6.04. The smallest absolute Gasteiger partial charge is 0.233 e. The van der Waals surface area contributed by atoms with E-state index < -0.39 is 5.92 Å². The van der Waals surface area contributed by atoms with Crippen LogP contribution in [0.1, 0.15) is 51.0 Å². The monoisotopic (exact) mass is 360 g/mol. The molecule has 0 radical (unpaired) electrons. The van der Waals surface area contributed by atoms with E-state index in [2.05, 4.69) is 9.97 Å². The van der Waals surface area contributed by atoms with Crippen molar-refractivity contribution in [3.63, 3.8) is 0 Å². The van der Waals surface area contributed by atoms with Crippen LogP contribution in [0.15, 0.2) is 22.7 Å². The third-order valence-corrected chi connectivity index (χ3v) is 4.79. The maximum absolute atomic E-state index is 13.1. The van der Waals surface area contributed by atoms with Crippen molar-refractivity contribution in [2.75, 3.05) is 13.1 Å². The van der Waals surface area contributed by atoms with Crippen LogP contribution in [0.4, 0.5) is 0 Å². The lowest BCUT2D eigenvalue weighted by molar-refractivity contribution is -0.157. The summed E-state index contributed by atoms with van der Waals surface area (Å²) in [6, 6.07) is 3.35. The molecule has 1 saturated heterocycles. The van der Waals surface area contributed by atoms with Crippen LogP contribution in [-0.2, 0) is 9.59 Å². The minimum absolute atomic E-state index is 0.000662. The van der Waals surface area contributed by atoms with Crippen molar-refractivity contribution in [3.05, 3.63) is 24.2 Å². The molecule has 1 aliphatic heterocycles. The van der Waals surface area contributed by atoms with E-state index >= 15 is 0 Å². The van der Waals surface area contributed by atoms with Crippen LogP contribution in [0.3, 0.4) is 0 Å². The molecule has 0 aromatic carbocycles. The number of pyridine rings is 1. The third kappa shape index (κ3) is 3.85. The molecule has 2 aromatic heterocycles. The van der Waals surface area contributed by atoms with Crippen LogP contribution >= 0.6 is 0 Å². The van der Waals surface area contributed by atoms with Crippen LogP contribution in [-0.4, -0.2) is 50.5 Å². The number of oxazole rings is 1. The van der Waals surface area contributed by atoms with Crippen LogP contribution in [0, 0.1) is 5.92 Å².